The normalized spacial score (nSPS) is 21.7. The summed E-state index contributed by atoms with van der Waals surface area (Å²) in [6.07, 6.45) is 0. The van der Waals surface area contributed by atoms with Crippen LogP contribution < -0.4 is 0 Å². The van der Waals surface area contributed by atoms with E-state index in [4.69, 9.17) is 27.9 Å². The summed E-state index contributed by atoms with van der Waals surface area (Å²) in [7, 11) is -3.63. The third-order valence-electron chi connectivity index (χ3n) is 3.24. The summed E-state index contributed by atoms with van der Waals surface area (Å²) in [5.41, 5.74) is 1.19. The third kappa shape index (κ3) is 2.05. The molecule has 0 bridgehead atoms. The molecule has 2 heterocycles. The van der Waals surface area contributed by atoms with E-state index in [2.05, 4.69) is 0 Å². The van der Waals surface area contributed by atoms with E-state index in [0.717, 1.165) is 0 Å². The van der Waals surface area contributed by atoms with E-state index in [1.165, 1.54) is 6.07 Å². The second-order valence-corrected chi connectivity index (χ2v) is 7.26. The molecule has 0 amide bonds. The summed E-state index contributed by atoms with van der Waals surface area (Å²) in [6, 6.07) is 4.82. The highest BCUT2D eigenvalue weighted by atomic mass is 35.5. The van der Waals surface area contributed by atoms with Crippen molar-refractivity contribution in [2.24, 2.45) is 0 Å². The zero-order chi connectivity index (χ0) is 13.6. The lowest BCUT2D eigenvalue weighted by Gasteiger charge is -2.30. The van der Waals surface area contributed by atoms with Crippen molar-refractivity contribution >= 4 is 38.7 Å². The number of morpholine rings is 1. The van der Waals surface area contributed by atoms with Crippen molar-refractivity contribution in [3.8, 4) is 0 Å². The molecule has 0 spiro atoms. The van der Waals surface area contributed by atoms with Crippen LogP contribution in [0.15, 0.2) is 27.5 Å². The molecule has 4 nitrogen and oxygen atoms in total. The van der Waals surface area contributed by atoms with Crippen LogP contribution in [-0.4, -0.2) is 39.6 Å². The Morgan fingerprint density at radius 2 is 1.84 bits per heavy atom. The van der Waals surface area contributed by atoms with Gasteiger partial charge in [0, 0.05) is 23.7 Å². The SMILES string of the molecule is O=S1(=O)C(Cl)=C(N2CCOCC2)c2ccc(Cl)cc21. The van der Waals surface area contributed by atoms with E-state index in [9.17, 15) is 8.42 Å². The molecule has 19 heavy (non-hydrogen) atoms. The largest absolute Gasteiger partial charge is 0.378 e. The van der Waals surface area contributed by atoms with Gasteiger partial charge in [0.2, 0.25) is 9.84 Å². The number of sulfone groups is 1. The Labute approximate surface area is 121 Å². The maximum Gasteiger partial charge on any atom is 0.220 e. The fourth-order valence-corrected chi connectivity index (χ4v) is 4.46. The quantitative estimate of drug-likeness (QED) is 0.797. The molecule has 0 unspecified atom stereocenters. The highest BCUT2D eigenvalue weighted by molar-refractivity contribution is 7.97. The summed E-state index contributed by atoms with van der Waals surface area (Å²) in [5, 5.41) is 0.384. The van der Waals surface area contributed by atoms with Crippen LogP contribution in [0, 0.1) is 0 Å². The molecular weight excluding hydrogens is 309 g/mol. The number of nitrogens with zero attached hydrogens (tertiary/aromatic N) is 1. The first-order chi connectivity index (χ1) is 9.01. The smallest absolute Gasteiger partial charge is 0.220 e. The molecule has 102 valence electrons. The molecule has 0 atom stereocenters. The van der Waals surface area contributed by atoms with Gasteiger partial charge < -0.3 is 9.64 Å². The number of fused-ring (bicyclic) bond motifs is 1. The number of hydrogen-bond acceptors (Lipinski definition) is 4. The minimum Gasteiger partial charge on any atom is -0.378 e. The molecule has 0 aliphatic carbocycles. The maximum absolute atomic E-state index is 12.3. The molecule has 0 saturated carbocycles. The van der Waals surface area contributed by atoms with Crippen LogP contribution in [-0.2, 0) is 14.6 Å². The molecule has 1 saturated heterocycles. The highest BCUT2D eigenvalue weighted by Crippen LogP contribution is 2.43. The van der Waals surface area contributed by atoms with Gasteiger partial charge in [-0.05, 0) is 12.1 Å². The molecular formula is C12H11Cl2NO3S. The number of benzene rings is 1. The molecule has 1 fully saturated rings. The van der Waals surface area contributed by atoms with Crippen molar-refractivity contribution in [2.45, 2.75) is 4.90 Å². The lowest BCUT2D eigenvalue weighted by molar-refractivity contribution is 0.0639. The Hall–Kier alpha value is -0.750. The van der Waals surface area contributed by atoms with Gasteiger partial charge in [-0.3, -0.25) is 0 Å². The maximum atomic E-state index is 12.3. The summed E-state index contributed by atoms with van der Waals surface area (Å²) >= 11 is 12.0. The second kappa shape index (κ2) is 4.66. The van der Waals surface area contributed by atoms with Crippen molar-refractivity contribution in [1.29, 1.82) is 0 Å². The van der Waals surface area contributed by atoms with Crippen LogP contribution in [0.5, 0.6) is 0 Å². The third-order valence-corrected chi connectivity index (χ3v) is 5.84. The van der Waals surface area contributed by atoms with Crippen molar-refractivity contribution in [2.75, 3.05) is 26.3 Å². The molecule has 7 heteroatoms. The minimum absolute atomic E-state index is 0.119. The summed E-state index contributed by atoms with van der Waals surface area (Å²) < 4.78 is 29.7. The topological polar surface area (TPSA) is 46.6 Å². The van der Waals surface area contributed by atoms with Gasteiger partial charge in [-0.1, -0.05) is 29.3 Å². The van der Waals surface area contributed by atoms with E-state index in [-0.39, 0.29) is 9.26 Å². The van der Waals surface area contributed by atoms with Gasteiger partial charge in [0.1, 0.15) is 0 Å². The molecule has 0 N–H and O–H groups in total. The Bertz CT molecular complexity index is 664. The summed E-state index contributed by atoms with van der Waals surface area (Å²) in [4.78, 5) is 2.13. The minimum atomic E-state index is -3.63. The zero-order valence-corrected chi connectivity index (χ0v) is 12.2. The van der Waals surface area contributed by atoms with Crippen LogP contribution in [0.2, 0.25) is 5.02 Å². The number of hydrogen-bond donors (Lipinski definition) is 0. The predicted molar refractivity (Wildman–Crippen MR) is 73.8 cm³/mol. The Balaban J connectivity index is 2.17. The lowest BCUT2D eigenvalue weighted by atomic mass is 10.1. The average molecular weight is 320 g/mol. The van der Waals surface area contributed by atoms with Crippen molar-refractivity contribution in [1.82, 2.24) is 4.90 Å². The van der Waals surface area contributed by atoms with Crippen LogP contribution >= 0.6 is 23.2 Å². The van der Waals surface area contributed by atoms with Gasteiger partial charge >= 0.3 is 0 Å². The number of rotatable bonds is 1. The highest BCUT2D eigenvalue weighted by Gasteiger charge is 2.37. The van der Waals surface area contributed by atoms with Gasteiger partial charge in [-0.2, -0.15) is 0 Å². The standard InChI is InChI=1S/C12H11Cl2NO3S/c13-8-1-2-9-10(7-8)19(16,17)12(14)11(9)15-3-5-18-6-4-15/h1-2,7H,3-6H2. The van der Waals surface area contributed by atoms with Gasteiger partial charge in [-0.15, -0.1) is 0 Å². The fraction of sp³-hybridized carbons (Fsp3) is 0.333. The molecule has 2 aliphatic heterocycles. The first-order valence-corrected chi connectivity index (χ1v) is 8.03. The average Bonchev–Trinajstić information content (AvgIpc) is 2.59. The van der Waals surface area contributed by atoms with Crippen LogP contribution in [0.25, 0.3) is 5.70 Å². The zero-order valence-electron chi connectivity index (χ0n) is 9.90. The first-order valence-electron chi connectivity index (χ1n) is 5.79. The van der Waals surface area contributed by atoms with E-state index >= 15 is 0 Å². The van der Waals surface area contributed by atoms with E-state index in [1.54, 1.807) is 12.1 Å². The molecule has 0 radical (unpaired) electrons. The number of halogens is 2. The van der Waals surface area contributed by atoms with Gasteiger partial charge in [0.05, 0.1) is 23.8 Å². The second-order valence-electron chi connectivity index (χ2n) is 4.37. The van der Waals surface area contributed by atoms with E-state index in [0.29, 0.717) is 42.6 Å². The fourth-order valence-electron chi connectivity index (χ4n) is 2.33. The van der Waals surface area contributed by atoms with E-state index in [1.807, 2.05) is 4.90 Å². The van der Waals surface area contributed by atoms with Crippen molar-refractivity contribution < 1.29 is 13.2 Å². The Kier molecular flexibility index (Phi) is 3.25. The van der Waals surface area contributed by atoms with Gasteiger partial charge in [0.25, 0.3) is 0 Å². The molecule has 2 aliphatic rings. The monoisotopic (exact) mass is 319 g/mol. The Morgan fingerprint density at radius 3 is 2.53 bits per heavy atom. The van der Waals surface area contributed by atoms with Crippen molar-refractivity contribution in [3.63, 3.8) is 0 Å². The predicted octanol–water partition coefficient (Wildman–Crippen LogP) is 2.32. The summed E-state index contributed by atoms with van der Waals surface area (Å²) in [6.45, 7) is 2.39. The summed E-state index contributed by atoms with van der Waals surface area (Å²) in [5.74, 6) is 0. The Morgan fingerprint density at radius 1 is 1.16 bits per heavy atom. The van der Waals surface area contributed by atoms with Crippen LogP contribution in [0.3, 0.4) is 0 Å². The lowest BCUT2D eigenvalue weighted by Crippen LogP contribution is -2.34. The van der Waals surface area contributed by atoms with Crippen molar-refractivity contribution in [3.05, 3.63) is 33.1 Å². The van der Waals surface area contributed by atoms with Gasteiger partial charge in [-0.25, -0.2) is 8.42 Å². The molecule has 0 aromatic heterocycles. The molecule has 1 aromatic carbocycles. The molecule has 1 aromatic rings. The van der Waals surface area contributed by atoms with Crippen LogP contribution in [0.1, 0.15) is 5.56 Å². The number of ether oxygens (including phenoxy) is 1. The van der Waals surface area contributed by atoms with E-state index < -0.39 is 9.84 Å². The van der Waals surface area contributed by atoms with Crippen LogP contribution in [0.4, 0.5) is 0 Å². The van der Waals surface area contributed by atoms with Gasteiger partial charge in [0.15, 0.2) is 4.36 Å². The molecule has 3 rings (SSSR count). The first kappa shape index (κ1) is 13.2.